The van der Waals surface area contributed by atoms with Crippen molar-refractivity contribution in [2.75, 3.05) is 12.1 Å². The molecule has 0 radical (unpaired) electrons. The van der Waals surface area contributed by atoms with E-state index in [1.807, 2.05) is 31.2 Å². The molecule has 1 N–H and O–H groups in total. The van der Waals surface area contributed by atoms with Crippen molar-refractivity contribution >= 4 is 11.6 Å². The van der Waals surface area contributed by atoms with E-state index in [-0.39, 0.29) is 12.7 Å². The van der Waals surface area contributed by atoms with Crippen molar-refractivity contribution in [3.63, 3.8) is 0 Å². The molecule has 3 rings (SSSR count). The molecule has 4 heteroatoms. The summed E-state index contributed by atoms with van der Waals surface area (Å²) in [4.78, 5) is 12.0. The first-order chi connectivity index (χ1) is 9.70. The van der Waals surface area contributed by atoms with Gasteiger partial charge in [-0.25, -0.2) is 0 Å². The van der Waals surface area contributed by atoms with Gasteiger partial charge >= 0.3 is 0 Å². The third kappa shape index (κ3) is 2.74. The van der Waals surface area contributed by atoms with Gasteiger partial charge in [0.15, 0.2) is 11.5 Å². The smallest absolute Gasteiger partial charge is 0.231 e. The Hall–Kier alpha value is -2.49. The van der Waals surface area contributed by atoms with E-state index in [2.05, 4.69) is 5.32 Å². The number of rotatable bonds is 3. The van der Waals surface area contributed by atoms with E-state index in [0.717, 1.165) is 5.56 Å². The van der Waals surface area contributed by atoms with Crippen molar-refractivity contribution in [3.8, 4) is 11.5 Å². The van der Waals surface area contributed by atoms with Gasteiger partial charge in [0, 0.05) is 11.8 Å². The van der Waals surface area contributed by atoms with Crippen LogP contribution in [0.4, 0.5) is 5.69 Å². The number of ether oxygens (including phenoxy) is 2. The number of hydrogen-bond acceptors (Lipinski definition) is 3. The standard InChI is InChI=1S/C16H15NO3/c1-11-2-4-12(5-3-11)8-16(18)17-13-6-7-14-15(9-13)20-10-19-14/h2-7,9H,8,10H2,1H3,(H,17,18). The monoisotopic (exact) mass is 269 g/mol. The van der Waals surface area contributed by atoms with Crippen LogP contribution in [0, 0.1) is 6.92 Å². The largest absolute Gasteiger partial charge is 0.454 e. The molecule has 102 valence electrons. The molecule has 20 heavy (non-hydrogen) atoms. The van der Waals surface area contributed by atoms with Gasteiger partial charge in [-0.05, 0) is 24.6 Å². The van der Waals surface area contributed by atoms with Crippen LogP contribution in [0.15, 0.2) is 42.5 Å². The van der Waals surface area contributed by atoms with Crippen molar-refractivity contribution in [2.45, 2.75) is 13.3 Å². The predicted molar refractivity (Wildman–Crippen MR) is 76.1 cm³/mol. The molecule has 2 aromatic carbocycles. The quantitative estimate of drug-likeness (QED) is 0.932. The number of benzene rings is 2. The minimum absolute atomic E-state index is 0.0484. The van der Waals surface area contributed by atoms with E-state index < -0.39 is 0 Å². The van der Waals surface area contributed by atoms with Crippen molar-refractivity contribution in [1.82, 2.24) is 0 Å². The molecular weight excluding hydrogens is 254 g/mol. The summed E-state index contributed by atoms with van der Waals surface area (Å²) in [6.45, 7) is 2.26. The van der Waals surface area contributed by atoms with Crippen LogP contribution in [0.25, 0.3) is 0 Å². The van der Waals surface area contributed by atoms with Gasteiger partial charge in [-0.15, -0.1) is 0 Å². The normalized spacial score (nSPS) is 12.2. The molecule has 0 saturated carbocycles. The molecule has 1 aliphatic heterocycles. The highest BCUT2D eigenvalue weighted by Gasteiger charge is 2.14. The molecule has 0 unspecified atom stereocenters. The molecule has 1 heterocycles. The minimum Gasteiger partial charge on any atom is -0.454 e. The fourth-order valence-electron chi connectivity index (χ4n) is 2.07. The van der Waals surface area contributed by atoms with Gasteiger partial charge in [-0.2, -0.15) is 0 Å². The molecule has 0 aliphatic carbocycles. The van der Waals surface area contributed by atoms with Crippen LogP contribution in [-0.2, 0) is 11.2 Å². The third-order valence-corrected chi connectivity index (χ3v) is 3.14. The number of amides is 1. The highest BCUT2D eigenvalue weighted by Crippen LogP contribution is 2.34. The van der Waals surface area contributed by atoms with E-state index in [1.165, 1.54) is 5.56 Å². The molecule has 1 aliphatic rings. The lowest BCUT2D eigenvalue weighted by atomic mass is 10.1. The van der Waals surface area contributed by atoms with E-state index in [0.29, 0.717) is 23.6 Å². The number of nitrogens with one attached hydrogen (secondary N) is 1. The highest BCUT2D eigenvalue weighted by atomic mass is 16.7. The van der Waals surface area contributed by atoms with Crippen LogP contribution in [0.3, 0.4) is 0 Å². The summed E-state index contributed by atoms with van der Waals surface area (Å²) in [6, 6.07) is 13.3. The molecule has 4 nitrogen and oxygen atoms in total. The summed E-state index contributed by atoms with van der Waals surface area (Å²) in [5, 5.41) is 2.86. The number of fused-ring (bicyclic) bond motifs is 1. The topological polar surface area (TPSA) is 47.6 Å². The molecule has 0 bridgehead atoms. The third-order valence-electron chi connectivity index (χ3n) is 3.14. The maximum absolute atomic E-state index is 12.0. The Morgan fingerprint density at radius 1 is 1.10 bits per heavy atom. The SMILES string of the molecule is Cc1ccc(CC(=O)Nc2ccc3c(c2)OCO3)cc1. The van der Waals surface area contributed by atoms with E-state index >= 15 is 0 Å². The molecule has 0 aromatic heterocycles. The summed E-state index contributed by atoms with van der Waals surface area (Å²) in [6.07, 6.45) is 0.356. The second-order valence-corrected chi connectivity index (χ2v) is 4.78. The van der Waals surface area contributed by atoms with Crippen molar-refractivity contribution in [2.24, 2.45) is 0 Å². The van der Waals surface area contributed by atoms with Gasteiger partial charge in [0.05, 0.1) is 6.42 Å². The molecule has 2 aromatic rings. The molecule has 0 fully saturated rings. The van der Waals surface area contributed by atoms with Crippen LogP contribution < -0.4 is 14.8 Å². The van der Waals surface area contributed by atoms with E-state index in [1.54, 1.807) is 18.2 Å². The Morgan fingerprint density at radius 2 is 1.85 bits per heavy atom. The lowest BCUT2D eigenvalue weighted by molar-refractivity contribution is -0.115. The van der Waals surface area contributed by atoms with Crippen molar-refractivity contribution < 1.29 is 14.3 Å². The van der Waals surface area contributed by atoms with Crippen LogP contribution in [0.5, 0.6) is 11.5 Å². The summed E-state index contributed by atoms with van der Waals surface area (Å²) >= 11 is 0. The predicted octanol–water partition coefficient (Wildman–Crippen LogP) is 2.90. The van der Waals surface area contributed by atoms with Crippen LogP contribution >= 0.6 is 0 Å². The number of aryl methyl sites for hydroxylation is 1. The number of hydrogen-bond donors (Lipinski definition) is 1. The fraction of sp³-hybridized carbons (Fsp3) is 0.188. The zero-order valence-corrected chi connectivity index (χ0v) is 11.2. The van der Waals surface area contributed by atoms with Gasteiger partial charge in [0.2, 0.25) is 12.7 Å². The Balaban J connectivity index is 1.65. The summed E-state index contributed by atoms with van der Waals surface area (Å²) in [7, 11) is 0. The van der Waals surface area contributed by atoms with E-state index in [4.69, 9.17) is 9.47 Å². The average Bonchev–Trinajstić information content (AvgIpc) is 2.89. The van der Waals surface area contributed by atoms with Crippen LogP contribution in [-0.4, -0.2) is 12.7 Å². The lowest BCUT2D eigenvalue weighted by Gasteiger charge is -2.06. The summed E-state index contributed by atoms with van der Waals surface area (Å²) in [5.41, 5.74) is 2.89. The minimum atomic E-state index is -0.0484. The first kappa shape index (κ1) is 12.5. The fourth-order valence-corrected chi connectivity index (χ4v) is 2.07. The lowest BCUT2D eigenvalue weighted by Crippen LogP contribution is -2.14. The Bertz CT molecular complexity index is 635. The van der Waals surface area contributed by atoms with Crippen molar-refractivity contribution in [3.05, 3.63) is 53.6 Å². The van der Waals surface area contributed by atoms with Crippen LogP contribution in [0.2, 0.25) is 0 Å². The summed E-state index contributed by atoms with van der Waals surface area (Å²) in [5.74, 6) is 1.33. The van der Waals surface area contributed by atoms with Gasteiger partial charge in [0.25, 0.3) is 0 Å². The molecule has 0 spiro atoms. The molecule has 0 atom stereocenters. The zero-order chi connectivity index (χ0) is 13.9. The maximum Gasteiger partial charge on any atom is 0.231 e. The van der Waals surface area contributed by atoms with Gasteiger partial charge in [0.1, 0.15) is 0 Å². The molecule has 0 saturated heterocycles. The van der Waals surface area contributed by atoms with E-state index in [9.17, 15) is 4.79 Å². The average molecular weight is 269 g/mol. The molecular formula is C16H15NO3. The highest BCUT2D eigenvalue weighted by molar-refractivity contribution is 5.92. The van der Waals surface area contributed by atoms with Gasteiger partial charge in [-0.3, -0.25) is 4.79 Å². The number of anilines is 1. The summed E-state index contributed by atoms with van der Waals surface area (Å²) < 4.78 is 10.5. The Labute approximate surface area is 117 Å². The van der Waals surface area contributed by atoms with Crippen LogP contribution in [0.1, 0.15) is 11.1 Å². The van der Waals surface area contributed by atoms with Gasteiger partial charge < -0.3 is 14.8 Å². The van der Waals surface area contributed by atoms with Crippen molar-refractivity contribution in [1.29, 1.82) is 0 Å². The molecule has 1 amide bonds. The Morgan fingerprint density at radius 3 is 2.65 bits per heavy atom. The van der Waals surface area contributed by atoms with Gasteiger partial charge in [-0.1, -0.05) is 29.8 Å². The first-order valence-electron chi connectivity index (χ1n) is 6.46. The second-order valence-electron chi connectivity index (χ2n) is 4.78. The Kier molecular flexibility index (Phi) is 3.29. The first-order valence-corrected chi connectivity index (χ1v) is 6.46. The second kappa shape index (κ2) is 5.25. The number of carbonyl (C=O) groups excluding carboxylic acids is 1. The zero-order valence-electron chi connectivity index (χ0n) is 11.2. The number of carbonyl (C=O) groups is 1. The maximum atomic E-state index is 12.0.